The predicted molar refractivity (Wildman–Crippen MR) is 104 cm³/mol. The largest absolute Gasteiger partial charge is 0.375 e. The van der Waals surface area contributed by atoms with Crippen molar-refractivity contribution in [1.82, 2.24) is 20.0 Å². The molecule has 0 amide bonds. The maximum Gasteiger partial charge on any atom is 0.194 e. The van der Waals surface area contributed by atoms with Crippen LogP contribution < -0.4 is 5.32 Å². The molecule has 0 saturated carbocycles. The van der Waals surface area contributed by atoms with E-state index in [1.54, 1.807) is 6.20 Å². The number of benzene rings is 1. The molecule has 27 heavy (non-hydrogen) atoms. The molecule has 2 aliphatic heterocycles. The van der Waals surface area contributed by atoms with Gasteiger partial charge in [-0.15, -0.1) is 0 Å². The molecule has 2 atom stereocenters. The molecule has 7 nitrogen and oxygen atoms in total. The van der Waals surface area contributed by atoms with Crippen LogP contribution in [0.25, 0.3) is 5.69 Å². The Morgan fingerprint density at radius 3 is 2.96 bits per heavy atom. The van der Waals surface area contributed by atoms with E-state index in [1.165, 1.54) is 5.56 Å². The Morgan fingerprint density at radius 1 is 1.26 bits per heavy atom. The zero-order valence-electron chi connectivity index (χ0n) is 15.8. The van der Waals surface area contributed by atoms with Gasteiger partial charge in [0.1, 0.15) is 6.10 Å². The highest BCUT2D eigenvalue weighted by molar-refractivity contribution is 5.80. The minimum absolute atomic E-state index is 0.128. The first-order valence-corrected chi connectivity index (χ1v) is 9.61. The third-order valence-electron chi connectivity index (χ3n) is 5.11. The highest BCUT2D eigenvalue weighted by Gasteiger charge is 2.32. The van der Waals surface area contributed by atoms with E-state index in [9.17, 15) is 0 Å². The first kappa shape index (κ1) is 18.0. The second-order valence-electron chi connectivity index (χ2n) is 6.93. The van der Waals surface area contributed by atoms with Crippen LogP contribution in [0.15, 0.2) is 47.7 Å². The predicted octanol–water partition coefficient (Wildman–Crippen LogP) is 1.83. The van der Waals surface area contributed by atoms with Gasteiger partial charge in [0.2, 0.25) is 0 Å². The highest BCUT2D eigenvalue weighted by atomic mass is 16.5. The average molecular weight is 369 g/mol. The zero-order chi connectivity index (χ0) is 18.5. The van der Waals surface area contributed by atoms with Crippen LogP contribution in [0.2, 0.25) is 0 Å². The number of guanidine groups is 1. The van der Waals surface area contributed by atoms with E-state index in [-0.39, 0.29) is 12.2 Å². The van der Waals surface area contributed by atoms with Gasteiger partial charge >= 0.3 is 0 Å². The molecule has 144 valence electrons. The van der Waals surface area contributed by atoms with Crippen molar-refractivity contribution in [2.75, 3.05) is 33.4 Å². The lowest BCUT2D eigenvalue weighted by atomic mass is 10.1. The zero-order valence-corrected chi connectivity index (χ0v) is 15.8. The lowest BCUT2D eigenvalue weighted by Crippen LogP contribution is -2.53. The Morgan fingerprint density at radius 2 is 2.19 bits per heavy atom. The smallest absolute Gasteiger partial charge is 0.194 e. The summed E-state index contributed by atoms with van der Waals surface area (Å²) in [7, 11) is 1.83. The summed E-state index contributed by atoms with van der Waals surface area (Å²) in [5.74, 6) is 0.908. The number of aromatic nitrogens is 2. The van der Waals surface area contributed by atoms with Crippen molar-refractivity contribution in [3.63, 3.8) is 0 Å². The molecule has 4 rings (SSSR count). The molecule has 0 radical (unpaired) electrons. The van der Waals surface area contributed by atoms with Gasteiger partial charge in [0.15, 0.2) is 5.96 Å². The van der Waals surface area contributed by atoms with Gasteiger partial charge in [0, 0.05) is 45.7 Å². The fourth-order valence-corrected chi connectivity index (χ4v) is 3.73. The van der Waals surface area contributed by atoms with E-state index < -0.39 is 0 Å². The molecule has 2 unspecified atom stereocenters. The molecule has 0 spiro atoms. The molecule has 2 fully saturated rings. The Kier molecular flexibility index (Phi) is 5.69. The molecule has 1 aromatic carbocycles. The number of ether oxygens (including phenoxy) is 2. The Labute approximate surface area is 160 Å². The molecule has 0 aliphatic carbocycles. The molecule has 1 aromatic heterocycles. The van der Waals surface area contributed by atoms with Crippen molar-refractivity contribution < 1.29 is 9.47 Å². The summed E-state index contributed by atoms with van der Waals surface area (Å²) in [5, 5.41) is 7.79. The fraction of sp³-hybridized carbons (Fsp3) is 0.500. The minimum Gasteiger partial charge on any atom is -0.375 e. The summed E-state index contributed by atoms with van der Waals surface area (Å²) in [6, 6.07) is 10.3. The molecule has 2 aromatic rings. The SMILES string of the molecule is CN=C(NCc1cccc(-n2cccn2)c1)N1CCOC(C2CCCO2)C1. The van der Waals surface area contributed by atoms with Crippen molar-refractivity contribution in [1.29, 1.82) is 0 Å². The van der Waals surface area contributed by atoms with Gasteiger partial charge in [-0.2, -0.15) is 5.10 Å². The number of nitrogens with one attached hydrogen (secondary N) is 1. The molecule has 3 heterocycles. The highest BCUT2D eigenvalue weighted by Crippen LogP contribution is 2.21. The van der Waals surface area contributed by atoms with Gasteiger partial charge in [-0.1, -0.05) is 12.1 Å². The van der Waals surface area contributed by atoms with Crippen molar-refractivity contribution in [2.45, 2.75) is 31.6 Å². The third-order valence-corrected chi connectivity index (χ3v) is 5.11. The second kappa shape index (κ2) is 8.54. The van der Waals surface area contributed by atoms with Crippen LogP contribution in [-0.2, 0) is 16.0 Å². The minimum atomic E-state index is 0.128. The summed E-state index contributed by atoms with van der Waals surface area (Å²) in [5.41, 5.74) is 2.24. The monoisotopic (exact) mass is 369 g/mol. The van der Waals surface area contributed by atoms with Crippen LogP contribution >= 0.6 is 0 Å². The molecule has 1 N–H and O–H groups in total. The van der Waals surface area contributed by atoms with E-state index in [2.05, 4.69) is 44.6 Å². The van der Waals surface area contributed by atoms with E-state index in [4.69, 9.17) is 9.47 Å². The van der Waals surface area contributed by atoms with E-state index in [1.807, 2.05) is 24.0 Å². The number of nitrogens with zero attached hydrogens (tertiary/aromatic N) is 4. The maximum atomic E-state index is 5.95. The molecular formula is C20H27N5O2. The number of hydrogen-bond acceptors (Lipinski definition) is 4. The standard InChI is InChI=1S/C20H27N5O2/c1-21-20(24-10-12-27-19(15-24)18-7-3-11-26-18)22-14-16-5-2-6-17(13-16)25-9-4-8-23-25/h2,4-6,8-9,13,18-19H,3,7,10-12,14-15H2,1H3,(H,21,22). The lowest BCUT2D eigenvalue weighted by Gasteiger charge is -2.37. The Bertz CT molecular complexity index is 755. The number of morpholine rings is 1. The van der Waals surface area contributed by atoms with Gasteiger partial charge in [-0.25, -0.2) is 4.68 Å². The third kappa shape index (κ3) is 4.31. The quantitative estimate of drug-likeness (QED) is 0.658. The first-order valence-electron chi connectivity index (χ1n) is 9.61. The summed E-state index contributed by atoms with van der Waals surface area (Å²) in [6.07, 6.45) is 6.30. The fourth-order valence-electron chi connectivity index (χ4n) is 3.73. The van der Waals surface area contributed by atoms with Gasteiger partial charge < -0.3 is 19.7 Å². The van der Waals surface area contributed by atoms with Crippen molar-refractivity contribution in [3.05, 3.63) is 48.3 Å². The normalized spacial score (nSPS) is 23.6. The topological polar surface area (TPSA) is 63.9 Å². The van der Waals surface area contributed by atoms with Crippen LogP contribution in [-0.4, -0.2) is 66.2 Å². The summed E-state index contributed by atoms with van der Waals surface area (Å²) < 4.78 is 13.6. The van der Waals surface area contributed by atoms with Gasteiger partial charge in [0.05, 0.1) is 18.4 Å². The number of hydrogen-bond donors (Lipinski definition) is 1. The van der Waals surface area contributed by atoms with Crippen LogP contribution in [0, 0.1) is 0 Å². The first-order chi connectivity index (χ1) is 13.3. The summed E-state index contributed by atoms with van der Waals surface area (Å²) >= 11 is 0. The molecular weight excluding hydrogens is 342 g/mol. The van der Waals surface area contributed by atoms with E-state index in [0.717, 1.165) is 44.2 Å². The van der Waals surface area contributed by atoms with E-state index in [0.29, 0.717) is 13.2 Å². The number of aliphatic imine (C=N–C) groups is 1. The van der Waals surface area contributed by atoms with Gasteiger partial charge in [-0.05, 0) is 36.6 Å². The van der Waals surface area contributed by atoms with Crippen molar-refractivity contribution in [2.24, 2.45) is 4.99 Å². The number of rotatable bonds is 4. The summed E-state index contributed by atoms with van der Waals surface area (Å²) in [4.78, 5) is 6.75. The van der Waals surface area contributed by atoms with Crippen LogP contribution in [0.3, 0.4) is 0 Å². The Hall–Kier alpha value is -2.38. The average Bonchev–Trinajstić information content (AvgIpc) is 3.43. The Balaban J connectivity index is 1.37. The van der Waals surface area contributed by atoms with E-state index >= 15 is 0 Å². The van der Waals surface area contributed by atoms with Gasteiger partial charge in [0.25, 0.3) is 0 Å². The lowest BCUT2D eigenvalue weighted by molar-refractivity contribution is -0.0817. The molecule has 0 bridgehead atoms. The second-order valence-corrected chi connectivity index (χ2v) is 6.93. The van der Waals surface area contributed by atoms with Crippen LogP contribution in [0.5, 0.6) is 0 Å². The maximum absolute atomic E-state index is 5.95. The van der Waals surface area contributed by atoms with Crippen LogP contribution in [0.4, 0.5) is 0 Å². The summed E-state index contributed by atoms with van der Waals surface area (Å²) in [6.45, 7) is 3.93. The van der Waals surface area contributed by atoms with Gasteiger partial charge in [-0.3, -0.25) is 4.99 Å². The van der Waals surface area contributed by atoms with Crippen molar-refractivity contribution >= 4 is 5.96 Å². The molecule has 2 aliphatic rings. The van der Waals surface area contributed by atoms with Crippen molar-refractivity contribution in [3.8, 4) is 5.69 Å². The van der Waals surface area contributed by atoms with Crippen LogP contribution in [0.1, 0.15) is 18.4 Å². The molecule has 2 saturated heterocycles. The molecule has 7 heteroatoms.